The molecule has 0 spiro atoms. The summed E-state index contributed by atoms with van der Waals surface area (Å²) in [4.78, 5) is 17.9. The van der Waals surface area contributed by atoms with Crippen LogP contribution >= 0.6 is 0 Å². The number of hydrogen-bond donors (Lipinski definition) is 1. The largest absolute Gasteiger partial charge is 0.342 e. The van der Waals surface area contributed by atoms with Crippen molar-refractivity contribution >= 4 is 5.91 Å². The molecular formula is C12H20N4O. The number of imidazole rings is 1. The van der Waals surface area contributed by atoms with Gasteiger partial charge in [-0.05, 0) is 12.8 Å². The van der Waals surface area contributed by atoms with E-state index in [-0.39, 0.29) is 5.91 Å². The molecule has 5 heteroatoms. The zero-order valence-electron chi connectivity index (χ0n) is 10.4. The Labute approximate surface area is 102 Å². The summed E-state index contributed by atoms with van der Waals surface area (Å²) in [5, 5.41) is 3.18. The van der Waals surface area contributed by atoms with Gasteiger partial charge in [0.25, 0.3) is 0 Å². The molecule has 1 fully saturated rings. The molecule has 0 atom stereocenters. The number of rotatable bonds is 5. The molecule has 1 aliphatic rings. The van der Waals surface area contributed by atoms with Crippen molar-refractivity contribution in [1.29, 1.82) is 0 Å². The lowest BCUT2D eigenvalue weighted by Gasteiger charge is -2.15. The fourth-order valence-electron chi connectivity index (χ4n) is 2.11. The number of nitrogens with one attached hydrogen (secondary N) is 1. The summed E-state index contributed by atoms with van der Waals surface area (Å²) < 4.78 is 2.00. The number of aromatic nitrogens is 2. The Bertz CT molecular complexity index is 368. The molecule has 1 N–H and O–H groups in total. The average Bonchev–Trinajstić information content (AvgIpc) is 2.96. The SMILES string of the molecule is Cn1ccnc1CCNCC(=O)N1CCCC1. The van der Waals surface area contributed by atoms with Crippen molar-refractivity contribution in [1.82, 2.24) is 19.8 Å². The predicted molar refractivity (Wildman–Crippen MR) is 65.6 cm³/mol. The molecule has 0 radical (unpaired) electrons. The molecule has 94 valence electrons. The van der Waals surface area contributed by atoms with Crippen LogP contribution in [-0.4, -0.2) is 46.5 Å². The van der Waals surface area contributed by atoms with Crippen LogP contribution in [0.4, 0.5) is 0 Å². The zero-order valence-corrected chi connectivity index (χ0v) is 10.4. The molecule has 0 bridgehead atoms. The smallest absolute Gasteiger partial charge is 0.236 e. The molecule has 0 aromatic carbocycles. The van der Waals surface area contributed by atoms with E-state index < -0.39 is 0 Å². The van der Waals surface area contributed by atoms with Crippen molar-refractivity contribution in [3.05, 3.63) is 18.2 Å². The minimum absolute atomic E-state index is 0.224. The molecule has 2 heterocycles. The monoisotopic (exact) mass is 236 g/mol. The van der Waals surface area contributed by atoms with Gasteiger partial charge in [-0.15, -0.1) is 0 Å². The highest BCUT2D eigenvalue weighted by Gasteiger charge is 2.16. The lowest BCUT2D eigenvalue weighted by molar-refractivity contribution is -0.129. The fourth-order valence-corrected chi connectivity index (χ4v) is 2.11. The van der Waals surface area contributed by atoms with Crippen molar-refractivity contribution in [2.45, 2.75) is 19.3 Å². The van der Waals surface area contributed by atoms with Crippen molar-refractivity contribution in [2.24, 2.45) is 7.05 Å². The predicted octanol–water partition coefficient (Wildman–Crippen LogP) is 0.175. The summed E-state index contributed by atoms with van der Waals surface area (Å²) in [6, 6.07) is 0. The third kappa shape index (κ3) is 3.30. The highest BCUT2D eigenvalue weighted by atomic mass is 16.2. The van der Waals surface area contributed by atoms with Crippen LogP contribution in [0, 0.1) is 0 Å². The summed E-state index contributed by atoms with van der Waals surface area (Å²) in [5.41, 5.74) is 0. The van der Waals surface area contributed by atoms with Gasteiger partial charge >= 0.3 is 0 Å². The summed E-state index contributed by atoms with van der Waals surface area (Å²) in [6.45, 7) is 3.11. The third-order valence-electron chi connectivity index (χ3n) is 3.18. The molecule has 0 saturated carbocycles. The second-order valence-electron chi connectivity index (χ2n) is 4.47. The Morgan fingerprint density at radius 2 is 2.24 bits per heavy atom. The summed E-state index contributed by atoms with van der Waals surface area (Å²) in [6.07, 6.45) is 6.89. The van der Waals surface area contributed by atoms with Gasteiger partial charge in [0.05, 0.1) is 6.54 Å². The molecule has 0 aliphatic carbocycles. The first-order chi connectivity index (χ1) is 8.27. The number of amides is 1. The zero-order chi connectivity index (χ0) is 12.1. The Balaban J connectivity index is 1.63. The van der Waals surface area contributed by atoms with Gasteiger partial charge in [0, 0.05) is 45.5 Å². The Kier molecular flexibility index (Phi) is 4.14. The van der Waals surface area contributed by atoms with E-state index in [9.17, 15) is 4.79 Å². The minimum Gasteiger partial charge on any atom is -0.342 e. The van der Waals surface area contributed by atoms with Crippen LogP contribution in [0.3, 0.4) is 0 Å². The molecule has 1 aliphatic heterocycles. The summed E-state index contributed by atoms with van der Waals surface area (Å²) in [5.74, 6) is 1.27. The maximum Gasteiger partial charge on any atom is 0.236 e. The number of carbonyl (C=O) groups is 1. The number of aryl methyl sites for hydroxylation is 1. The van der Waals surface area contributed by atoms with Crippen molar-refractivity contribution in [2.75, 3.05) is 26.2 Å². The van der Waals surface area contributed by atoms with Crippen LogP contribution < -0.4 is 5.32 Å². The van der Waals surface area contributed by atoms with Gasteiger partial charge in [-0.2, -0.15) is 0 Å². The highest BCUT2D eigenvalue weighted by molar-refractivity contribution is 5.78. The maximum absolute atomic E-state index is 11.7. The molecule has 0 unspecified atom stereocenters. The minimum atomic E-state index is 0.224. The van der Waals surface area contributed by atoms with Crippen LogP contribution in [0.5, 0.6) is 0 Å². The summed E-state index contributed by atoms with van der Waals surface area (Å²) in [7, 11) is 1.98. The quantitative estimate of drug-likeness (QED) is 0.742. The van der Waals surface area contributed by atoms with Gasteiger partial charge < -0.3 is 14.8 Å². The third-order valence-corrected chi connectivity index (χ3v) is 3.18. The molecule has 1 amide bonds. The second kappa shape index (κ2) is 5.82. The van der Waals surface area contributed by atoms with E-state index in [1.807, 2.05) is 22.7 Å². The van der Waals surface area contributed by atoms with E-state index in [4.69, 9.17) is 0 Å². The summed E-state index contributed by atoms with van der Waals surface area (Å²) >= 11 is 0. The van der Waals surface area contributed by atoms with Crippen molar-refractivity contribution in [3.63, 3.8) is 0 Å². The van der Waals surface area contributed by atoms with Gasteiger partial charge in [-0.25, -0.2) is 4.98 Å². The second-order valence-corrected chi connectivity index (χ2v) is 4.47. The lowest BCUT2D eigenvalue weighted by atomic mass is 10.4. The Morgan fingerprint density at radius 3 is 2.88 bits per heavy atom. The van der Waals surface area contributed by atoms with E-state index in [0.29, 0.717) is 6.54 Å². The van der Waals surface area contributed by atoms with E-state index in [1.54, 1.807) is 6.20 Å². The van der Waals surface area contributed by atoms with E-state index in [0.717, 1.165) is 44.7 Å². The molecule has 1 saturated heterocycles. The molecular weight excluding hydrogens is 216 g/mol. The van der Waals surface area contributed by atoms with Gasteiger partial charge in [-0.1, -0.05) is 0 Å². The van der Waals surface area contributed by atoms with Crippen molar-refractivity contribution < 1.29 is 4.79 Å². The Hall–Kier alpha value is -1.36. The molecule has 1 aromatic rings. The number of carbonyl (C=O) groups excluding carboxylic acids is 1. The first-order valence-corrected chi connectivity index (χ1v) is 6.22. The molecule has 5 nitrogen and oxygen atoms in total. The standard InChI is InChI=1S/C12H20N4O/c1-15-9-6-14-11(15)4-5-13-10-12(17)16-7-2-3-8-16/h6,9,13H,2-5,7-8,10H2,1H3. The highest BCUT2D eigenvalue weighted by Crippen LogP contribution is 2.06. The van der Waals surface area contributed by atoms with Gasteiger partial charge in [0.1, 0.15) is 5.82 Å². The topological polar surface area (TPSA) is 50.2 Å². The maximum atomic E-state index is 11.7. The first-order valence-electron chi connectivity index (χ1n) is 6.22. The van der Waals surface area contributed by atoms with Crippen LogP contribution in [0.15, 0.2) is 12.4 Å². The molecule has 1 aromatic heterocycles. The average molecular weight is 236 g/mol. The van der Waals surface area contributed by atoms with Crippen molar-refractivity contribution in [3.8, 4) is 0 Å². The Morgan fingerprint density at radius 1 is 1.47 bits per heavy atom. The first kappa shape index (κ1) is 12.1. The van der Waals surface area contributed by atoms with Gasteiger partial charge in [-0.3, -0.25) is 4.79 Å². The molecule has 2 rings (SSSR count). The van der Waals surface area contributed by atoms with Gasteiger partial charge in [0.2, 0.25) is 5.91 Å². The fraction of sp³-hybridized carbons (Fsp3) is 0.667. The number of hydrogen-bond acceptors (Lipinski definition) is 3. The van der Waals surface area contributed by atoms with Crippen LogP contribution in [-0.2, 0) is 18.3 Å². The van der Waals surface area contributed by atoms with Crippen LogP contribution in [0.2, 0.25) is 0 Å². The normalized spacial score (nSPS) is 15.5. The van der Waals surface area contributed by atoms with Crippen LogP contribution in [0.25, 0.3) is 0 Å². The van der Waals surface area contributed by atoms with Gasteiger partial charge in [0.15, 0.2) is 0 Å². The van der Waals surface area contributed by atoms with E-state index >= 15 is 0 Å². The van der Waals surface area contributed by atoms with E-state index in [1.165, 1.54) is 0 Å². The lowest BCUT2D eigenvalue weighted by Crippen LogP contribution is -2.36. The number of likely N-dealkylation sites (tertiary alicyclic amines) is 1. The molecule has 17 heavy (non-hydrogen) atoms. The number of nitrogens with zero attached hydrogens (tertiary/aromatic N) is 3. The van der Waals surface area contributed by atoms with E-state index in [2.05, 4.69) is 10.3 Å². The van der Waals surface area contributed by atoms with Crippen LogP contribution in [0.1, 0.15) is 18.7 Å².